The molecule has 11 rings (SSSR count). The SMILES string of the molecule is c1ccc(-c2cccc(-c3nc4cc5c(cc4n3-c3ccccc3)oc3cc4c(cc35)nc(-c3cccc(-c5ccccc5)c3)n4-c3ccccc3)c2)cc1. The molecule has 0 saturated heterocycles. The summed E-state index contributed by atoms with van der Waals surface area (Å²) in [7, 11) is 0. The van der Waals surface area contributed by atoms with Crippen molar-refractivity contribution in [1.29, 1.82) is 0 Å². The van der Waals surface area contributed by atoms with Crippen molar-refractivity contribution in [3.05, 3.63) is 194 Å². The molecule has 8 aromatic carbocycles. The van der Waals surface area contributed by atoms with Crippen LogP contribution < -0.4 is 0 Å². The fourth-order valence-electron chi connectivity index (χ4n) is 7.92. The van der Waals surface area contributed by atoms with Crippen LogP contribution in [0.2, 0.25) is 0 Å². The second kappa shape index (κ2) is 12.6. The van der Waals surface area contributed by atoms with Crippen molar-refractivity contribution in [2.24, 2.45) is 0 Å². The number of rotatable bonds is 6. The van der Waals surface area contributed by atoms with Gasteiger partial charge in [0.15, 0.2) is 0 Å². The number of nitrogens with zero attached hydrogens (tertiary/aromatic N) is 4. The van der Waals surface area contributed by atoms with Crippen molar-refractivity contribution >= 4 is 44.0 Å². The molecule has 0 unspecified atom stereocenters. The largest absolute Gasteiger partial charge is 0.456 e. The van der Waals surface area contributed by atoms with Gasteiger partial charge in [0.05, 0.1) is 22.1 Å². The molecule has 3 heterocycles. The van der Waals surface area contributed by atoms with Gasteiger partial charge in [-0.2, -0.15) is 0 Å². The second-order valence-electron chi connectivity index (χ2n) is 13.9. The Balaban J connectivity index is 1.11. The lowest BCUT2D eigenvalue weighted by atomic mass is 10.0. The molecule has 55 heavy (non-hydrogen) atoms. The average molecular weight is 705 g/mol. The Morgan fingerprint density at radius 2 is 0.691 bits per heavy atom. The number of hydrogen-bond donors (Lipinski definition) is 0. The molecule has 5 heteroatoms. The second-order valence-corrected chi connectivity index (χ2v) is 13.9. The molecule has 0 amide bonds. The van der Waals surface area contributed by atoms with E-state index in [1.165, 1.54) is 11.1 Å². The predicted octanol–water partition coefficient (Wildman–Crippen LogP) is 12.9. The monoisotopic (exact) mass is 704 g/mol. The van der Waals surface area contributed by atoms with Gasteiger partial charge < -0.3 is 4.42 Å². The summed E-state index contributed by atoms with van der Waals surface area (Å²) in [5, 5.41) is 2.02. The molecule has 0 saturated carbocycles. The molecule has 5 nitrogen and oxygen atoms in total. The molecule has 0 radical (unpaired) electrons. The lowest BCUT2D eigenvalue weighted by molar-refractivity contribution is 0.669. The molecule has 0 spiro atoms. The van der Waals surface area contributed by atoms with Gasteiger partial charge in [0, 0.05) is 45.4 Å². The van der Waals surface area contributed by atoms with E-state index < -0.39 is 0 Å². The van der Waals surface area contributed by atoms with Crippen LogP contribution in [0.25, 0.3) is 100 Å². The van der Waals surface area contributed by atoms with Crippen LogP contribution in [0.3, 0.4) is 0 Å². The first kappa shape index (κ1) is 31.1. The molecule has 0 aliphatic rings. The summed E-state index contributed by atoms with van der Waals surface area (Å²) in [6.07, 6.45) is 0. The summed E-state index contributed by atoms with van der Waals surface area (Å²) in [5.41, 5.74) is 14.2. The standard InChI is InChI=1S/C50H32N4O/c1-5-15-33(16-6-1)35-19-13-21-37(27-35)49-51-43-29-41-42-30-44-46(32-48(42)55-47(41)31-45(43)53(49)39-23-9-3-10-24-39)54(40-25-11-4-12-26-40)50(52-44)38-22-14-20-36(28-38)34-17-7-2-8-18-34/h1-32H. The smallest absolute Gasteiger partial charge is 0.145 e. The van der Waals surface area contributed by atoms with Gasteiger partial charge in [-0.05, 0) is 70.8 Å². The molecule has 0 atom stereocenters. The molecule has 11 aromatic rings. The quantitative estimate of drug-likeness (QED) is 0.173. The first-order valence-corrected chi connectivity index (χ1v) is 18.5. The van der Waals surface area contributed by atoms with E-state index in [4.69, 9.17) is 14.4 Å². The predicted molar refractivity (Wildman–Crippen MR) is 225 cm³/mol. The zero-order chi connectivity index (χ0) is 36.3. The van der Waals surface area contributed by atoms with E-state index in [1.54, 1.807) is 0 Å². The minimum absolute atomic E-state index is 0.805. The molecular formula is C50H32N4O. The summed E-state index contributed by atoms with van der Waals surface area (Å²) in [6.45, 7) is 0. The van der Waals surface area contributed by atoms with Crippen molar-refractivity contribution in [2.45, 2.75) is 0 Å². The van der Waals surface area contributed by atoms with Crippen LogP contribution in [-0.4, -0.2) is 19.1 Å². The highest BCUT2D eigenvalue weighted by Crippen LogP contribution is 2.39. The van der Waals surface area contributed by atoms with Gasteiger partial charge in [-0.1, -0.05) is 133 Å². The van der Waals surface area contributed by atoms with E-state index in [0.29, 0.717) is 0 Å². The lowest BCUT2D eigenvalue weighted by Crippen LogP contribution is -1.97. The van der Waals surface area contributed by atoms with Crippen LogP contribution in [0.5, 0.6) is 0 Å². The van der Waals surface area contributed by atoms with Gasteiger partial charge in [-0.25, -0.2) is 9.97 Å². The normalized spacial score (nSPS) is 11.6. The number of furan rings is 1. The summed E-state index contributed by atoms with van der Waals surface area (Å²) in [6, 6.07) is 67.7. The topological polar surface area (TPSA) is 48.8 Å². The van der Waals surface area contributed by atoms with Gasteiger partial charge in [0.25, 0.3) is 0 Å². The van der Waals surface area contributed by atoms with Crippen molar-refractivity contribution in [3.8, 4) is 56.4 Å². The Kier molecular flexibility index (Phi) is 7.10. The summed E-state index contributed by atoms with van der Waals surface area (Å²) in [5.74, 6) is 1.75. The molecule has 0 N–H and O–H groups in total. The van der Waals surface area contributed by atoms with Crippen molar-refractivity contribution in [2.75, 3.05) is 0 Å². The number of aromatic nitrogens is 4. The molecule has 0 fully saturated rings. The van der Waals surface area contributed by atoms with Crippen molar-refractivity contribution in [3.63, 3.8) is 0 Å². The molecule has 0 aliphatic heterocycles. The van der Waals surface area contributed by atoms with Gasteiger partial charge in [-0.3, -0.25) is 9.13 Å². The maximum atomic E-state index is 6.75. The van der Waals surface area contributed by atoms with E-state index >= 15 is 0 Å². The Hall–Kier alpha value is -7.50. The first-order valence-electron chi connectivity index (χ1n) is 18.5. The van der Waals surface area contributed by atoms with Crippen molar-refractivity contribution < 1.29 is 4.42 Å². The highest BCUT2D eigenvalue weighted by Gasteiger charge is 2.21. The summed E-state index contributed by atoms with van der Waals surface area (Å²) < 4.78 is 11.2. The van der Waals surface area contributed by atoms with Crippen LogP contribution in [0, 0.1) is 0 Å². The van der Waals surface area contributed by atoms with Crippen LogP contribution in [0.4, 0.5) is 0 Å². The zero-order valence-corrected chi connectivity index (χ0v) is 29.7. The average Bonchev–Trinajstić information content (AvgIpc) is 3.94. The number of hydrogen-bond acceptors (Lipinski definition) is 3. The van der Waals surface area contributed by atoms with E-state index in [9.17, 15) is 0 Å². The first-order chi connectivity index (χ1) is 27.2. The molecular weight excluding hydrogens is 673 g/mol. The Bertz CT molecular complexity index is 2960. The summed E-state index contributed by atoms with van der Waals surface area (Å²) in [4.78, 5) is 10.7. The minimum Gasteiger partial charge on any atom is -0.456 e. The van der Waals surface area contributed by atoms with E-state index in [2.05, 4.69) is 179 Å². The number of para-hydroxylation sites is 2. The van der Waals surface area contributed by atoms with E-state index in [-0.39, 0.29) is 0 Å². The van der Waals surface area contributed by atoms with Crippen LogP contribution in [-0.2, 0) is 0 Å². The molecule has 3 aromatic heterocycles. The van der Waals surface area contributed by atoms with E-state index in [1.807, 2.05) is 24.3 Å². The molecule has 0 bridgehead atoms. The number of fused-ring (bicyclic) bond motifs is 5. The number of benzene rings is 8. The maximum Gasteiger partial charge on any atom is 0.145 e. The Morgan fingerprint density at radius 3 is 1.11 bits per heavy atom. The van der Waals surface area contributed by atoms with Gasteiger partial charge in [-0.15, -0.1) is 0 Å². The number of imidazole rings is 2. The van der Waals surface area contributed by atoms with Gasteiger partial charge >= 0.3 is 0 Å². The third-order valence-corrected chi connectivity index (χ3v) is 10.5. The molecule has 258 valence electrons. The summed E-state index contributed by atoms with van der Waals surface area (Å²) >= 11 is 0. The fraction of sp³-hybridized carbons (Fsp3) is 0. The van der Waals surface area contributed by atoms with Gasteiger partial charge in [0.1, 0.15) is 22.8 Å². The third-order valence-electron chi connectivity index (χ3n) is 10.5. The Labute approximate surface area is 317 Å². The Morgan fingerprint density at radius 1 is 0.327 bits per heavy atom. The van der Waals surface area contributed by atoms with Gasteiger partial charge in [0.2, 0.25) is 0 Å². The van der Waals surface area contributed by atoms with E-state index in [0.717, 1.165) is 89.3 Å². The zero-order valence-electron chi connectivity index (χ0n) is 29.7. The highest BCUT2D eigenvalue weighted by molar-refractivity contribution is 6.13. The van der Waals surface area contributed by atoms with Crippen LogP contribution in [0.15, 0.2) is 199 Å². The van der Waals surface area contributed by atoms with Crippen LogP contribution in [0.1, 0.15) is 0 Å². The fourth-order valence-corrected chi connectivity index (χ4v) is 7.92. The molecule has 0 aliphatic carbocycles. The van der Waals surface area contributed by atoms with Crippen LogP contribution >= 0.6 is 0 Å². The highest BCUT2D eigenvalue weighted by atomic mass is 16.3. The lowest BCUT2D eigenvalue weighted by Gasteiger charge is -2.11. The minimum atomic E-state index is 0.805. The third kappa shape index (κ3) is 5.24. The van der Waals surface area contributed by atoms with Crippen molar-refractivity contribution in [1.82, 2.24) is 19.1 Å². The maximum absolute atomic E-state index is 6.75.